The molecule has 0 aliphatic heterocycles. The van der Waals surface area contributed by atoms with Gasteiger partial charge in [0.1, 0.15) is 18.2 Å². The third-order valence-corrected chi connectivity index (χ3v) is 3.48. The molecule has 25 heavy (non-hydrogen) atoms. The average molecular weight is 347 g/mol. The molecule has 0 saturated heterocycles. The molecule has 0 heterocycles. The molecule has 0 unspecified atom stereocenters. The maximum absolute atomic E-state index is 12.9. The van der Waals surface area contributed by atoms with Gasteiger partial charge < -0.3 is 19.5 Å². The monoisotopic (exact) mass is 347 g/mol. The van der Waals surface area contributed by atoms with Crippen LogP contribution < -0.4 is 19.5 Å². The van der Waals surface area contributed by atoms with Crippen LogP contribution in [-0.2, 0) is 4.79 Å². The van der Waals surface area contributed by atoms with Gasteiger partial charge in [0.25, 0.3) is 5.91 Å². The van der Waals surface area contributed by atoms with E-state index in [1.807, 2.05) is 19.1 Å². The van der Waals surface area contributed by atoms with Gasteiger partial charge >= 0.3 is 0 Å². The second-order valence-corrected chi connectivity index (χ2v) is 5.26. The first-order valence-electron chi connectivity index (χ1n) is 8.09. The number of nitrogens with one attached hydrogen (secondary N) is 1. The van der Waals surface area contributed by atoms with Crippen molar-refractivity contribution in [3.05, 3.63) is 54.3 Å². The number of amides is 1. The fourth-order valence-corrected chi connectivity index (χ4v) is 2.19. The summed E-state index contributed by atoms with van der Waals surface area (Å²) in [5.41, 5.74) is 0. The molecular formula is C19H22FNO4. The van der Waals surface area contributed by atoms with Crippen LogP contribution in [0.1, 0.15) is 13.3 Å². The normalized spacial score (nSPS) is 11.5. The minimum absolute atomic E-state index is 0.240. The number of para-hydroxylation sites is 2. The Bertz CT molecular complexity index is 675. The topological polar surface area (TPSA) is 56.8 Å². The summed E-state index contributed by atoms with van der Waals surface area (Å²) in [7, 11) is 1.57. The molecule has 2 rings (SSSR count). The van der Waals surface area contributed by atoms with Gasteiger partial charge in [0.05, 0.1) is 13.7 Å². The number of hydrogen-bond acceptors (Lipinski definition) is 4. The molecule has 0 fully saturated rings. The Balaban J connectivity index is 1.78. The van der Waals surface area contributed by atoms with Crippen molar-refractivity contribution in [2.24, 2.45) is 0 Å². The van der Waals surface area contributed by atoms with Crippen LogP contribution in [0.3, 0.4) is 0 Å². The molecule has 0 saturated carbocycles. The van der Waals surface area contributed by atoms with Gasteiger partial charge in [-0.25, -0.2) is 4.39 Å². The van der Waals surface area contributed by atoms with E-state index in [2.05, 4.69) is 5.32 Å². The van der Waals surface area contributed by atoms with Gasteiger partial charge in [-0.15, -0.1) is 0 Å². The van der Waals surface area contributed by atoms with E-state index in [1.165, 1.54) is 24.3 Å². The van der Waals surface area contributed by atoms with Crippen molar-refractivity contribution in [3.63, 3.8) is 0 Å². The smallest absolute Gasteiger partial charge is 0.261 e. The second kappa shape index (κ2) is 9.52. The molecular weight excluding hydrogens is 325 g/mol. The third-order valence-electron chi connectivity index (χ3n) is 3.48. The Hall–Kier alpha value is -2.76. The Labute approximate surface area is 146 Å². The number of methoxy groups -OCH3 is 1. The van der Waals surface area contributed by atoms with Crippen molar-refractivity contribution >= 4 is 5.91 Å². The van der Waals surface area contributed by atoms with E-state index in [1.54, 1.807) is 19.2 Å². The molecule has 0 spiro atoms. The van der Waals surface area contributed by atoms with Gasteiger partial charge in [-0.3, -0.25) is 4.79 Å². The molecule has 5 nitrogen and oxygen atoms in total. The first-order chi connectivity index (χ1) is 12.1. The minimum atomic E-state index is -0.642. The summed E-state index contributed by atoms with van der Waals surface area (Å²) in [6.07, 6.45) is -0.145. The van der Waals surface area contributed by atoms with E-state index in [-0.39, 0.29) is 11.7 Å². The lowest BCUT2D eigenvalue weighted by molar-refractivity contribution is -0.128. The molecule has 134 valence electrons. The van der Waals surface area contributed by atoms with Gasteiger partial charge in [-0.1, -0.05) is 19.1 Å². The number of hydrogen-bond donors (Lipinski definition) is 1. The highest BCUT2D eigenvalue weighted by Crippen LogP contribution is 2.25. The fourth-order valence-electron chi connectivity index (χ4n) is 2.19. The first kappa shape index (κ1) is 18.6. The van der Waals surface area contributed by atoms with Crippen molar-refractivity contribution in [2.45, 2.75) is 19.4 Å². The number of ether oxygens (including phenoxy) is 3. The van der Waals surface area contributed by atoms with Gasteiger partial charge in [0.15, 0.2) is 17.6 Å². The number of rotatable bonds is 9. The van der Waals surface area contributed by atoms with E-state index in [0.29, 0.717) is 36.8 Å². The lowest BCUT2D eigenvalue weighted by atomic mass is 10.2. The van der Waals surface area contributed by atoms with Crippen LogP contribution in [0.15, 0.2) is 48.5 Å². The summed E-state index contributed by atoms with van der Waals surface area (Å²) in [4.78, 5) is 12.2. The largest absolute Gasteiger partial charge is 0.493 e. The molecule has 1 atom stereocenters. The van der Waals surface area contributed by atoms with E-state index in [9.17, 15) is 9.18 Å². The average Bonchev–Trinajstić information content (AvgIpc) is 2.64. The van der Waals surface area contributed by atoms with Crippen LogP contribution in [0.2, 0.25) is 0 Å². The first-order valence-corrected chi connectivity index (χ1v) is 8.09. The zero-order valence-corrected chi connectivity index (χ0v) is 14.3. The maximum Gasteiger partial charge on any atom is 0.261 e. The summed E-state index contributed by atoms with van der Waals surface area (Å²) >= 11 is 0. The van der Waals surface area contributed by atoms with Gasteiger partial charge in [-0.05, 0) is 42.8 Å². The summed E-state index contributed by atoms with van der Waals surface area (Å²) in [5, 5.41) is 2.77. The predicted molar refractivity (Wildman–Crippen MR) is 92.6 cm³/mol. The number of halogens is 1. The maximum atomic E-state index is 12.9. The van der Waals surface area contributed by atoms with Crippen LogP contribution in [0.5, 0.6) is 17.2 Å². The van der Waals surface area contributed by atoms with Gasteiger partial charge in [0, 0.05) is 0 Å². The van der Waals surface area contributed by atoms with Gasteiger partial charge in [0.2, 0.25) is 0 Å². The van der Waals surface area contributed by atoms with E-state index in [0.717, 1.165) is 0 Å². The van der Waals surface area contributed by atoms with Crippen molar-refractivity contribution in [1.29, 1.82) is 0 Å². The van der Waals surface area contributed by atoms with Crippen LogP contribution in [0.4, 0.5) is 4.39 Å². The molecule has 2 aromatic rings. The highest BCUT2D eigenvalue weighted by Gasteiger charge is 2.18. The summed E-state index contributed by atoms with van der Waals surface area (Å²) in [5.74, 6) is 1.12. The Morgan fingerprint density at radius 2 is 1.80 bits per heavy atom. The standard InChI is InChI=1S/C19H22FNO4/c1-3-16(25-15-10-8-14(20)9-11-15)19(22)21-12-13-24-18-7-5-4-6-17(18)23-2/h4-11,16H,3,12-13H2,1-2H3,(H,21,22)/t16-/m0/s1. The summed E-state index contributed by atoms with van der Waals surface area (Å²) < 4.78 is 29.3. The highest BCUT2D eigenvalue weighted by molar-refractivity contribution is 5.81. The zero-order valence-electron chi connectivity index (χ0n) is 14.3. The predicted octanol–water partition coefficient (Wildman–Crippen LogP) is 3.19. The van der Waals surface area contributed by atoms with Crippen molar-refractivity contribution in [1.82, 2.24) is 5.32 Å². The fraction of sp³-hybridized carbons (Fsp3) is 0.316. The lowest BCUT2D eigenvalue weighted by Gasteiger charge is -2.17. The Morgan fingerprint density at radius 1 is 1.12 bits per heavy atom. The molecule has 0 bridgehead atoms. The molecule has 0 aliphatic carbocycles. The summed E-state index contributed by atoms with van der Waals surface area (Å²) in [6.45, 7) is 2.48. The van der Waals surface area contributed by atoms with Gasteiger partial charge in [-0.2, -0.15) is 0 Å². The lowest BCUT2D eigenvalue weighted by Crippen LogP contribution is -2.39. The van der Waals surface area contributed by atoms with E-state index >= 15 is 0 Å². The minimum Gasteiger partial charge on any atom is -0.493 e. The van der Waals surface area contributed by atoms with Crippen molar-refractivity contribution < 1.29 is 23.4 Å². The number of carbonyl (C=O) groups excluding carboxylic acids is 1. The second-order valence-electron chi connectivity index (χ2n) is 5.26. The molecule has 0 radical (unpaired) electrons. The molecule has 0 aliphatic rings. The number of carbonyl (C=O) groups is 1. The van der Waals surface area contributed by atoms with Crippen molar-refractivity contribution in [3.8, 4) is 17.2 Å². The van der Waals surface area contributed by atoms with Crippen molar-refractivity contribution in [2.75, 3.05) is 20.3 Å². The van der Waals surface area contributed by atoms with Crippen LogP contribution in [0, 0.1) is 5.82 Å². The molecule has 1 N–H and O–H groups in total. The third kappa shape index (κ3) is 5.67. The quantitative estimate of drug-likeness (QED) is 0.708. The highest BCUT2D eigenvalue weighted by atomic mass is 19.1. The van der Waals surface area contributed by atoms with Crippen LogP contribution in [0.25, 0.3) is 0 Å². The molecule has 0 aromatic heterocycles. The number of benzene rings is 2. The Kier molecular flexibility index (Phi) is 7.07. The zero-order chi connectivity index (χ0) is 18.1. The van der Waals surface area contributed by atoms with E-state index in [4.69, 9.17) is 14.2 Å². The van der Waals surface area contributed by atoms with E-state index < -0.39 is 6.10 Å². The SMILES string of the molecule is CC[C@H](Oc1ccc(F)cc1)C(=O)NCCOc1ccccc1OC. The molecule has 1 amide bonds. The molecule has 6 heteroatoms. The molecule has 2 aromatic carbocycles. The van der Waals surface area contributed by atoms with Crippen LogP contribution >= 0.6 is 0 Å². The van der Waals surface area contributed by atoms with Crippen LogP contribution in [-0.4, -0.2) is 32.3 Å². The Morgan fingerprint density at radius 3 is 2.44 bits per heavy atom. The summed E-state index contributed by atoms with van der Waals surface area (Å²) in [6, 6.07) is 12.9.